The van der Waals surface area contributed by atoms with Crippen LogP contribution in [0.3, 0.4) is 0 Å². The summed E-state index contributed by atoms with van der Waals surface area (Å²) in [6.45, 7) is 4.79. The molecule has 1 aliphatic heterocycles. The third-order valence-corrected chi connectivity index (χ3v) is 5.36. The number of nitrogens with one attached hydrogen (secondary N) is 1. The summed E-state index contributed by atoms with van der Waals surface area (Å²) in [4.78, 5) is 14.5. The molecule has 164 valence electrons. The quantitative estimate of drug-likeness (QED) is 0.383. The number of benzene rings is 2. The number of nitrogens with zero attached hydrogens (tertiary/aromatic N) is 1. The molecule has 1 N–H and O–H groups in total. The highest BCUT2D eigenvalue weighted by Crippen LogP contribution is 2.26. The zero-order chi connectivity index (χ0) is 22.5. The average molecular weight is 449 g/mol. The largest absolute Gasteiger partial charge is 0.494 e. The van der Waals surface area contributed by atoms with E-state index in [1.807, 2.05) is 74.5 Å². The number of carbonyl (C=O) groups is 1. The predicted octanol–water partition coefficient (Wildman–Crippen LogP) is 5.08. The van der Waals surface area contributed by atoms with E-state index in [4.69, 9.17) is 26.1 Å². The van der Waals surface area contributed by atoms with Gasteiger partial charge in [0, 0.05) is 6.08 Å². The van der Waals surface area contributed by atoms with E-state index < -0.39 is 0 Å². The average Bonchev–Trinajstić information content (AvgIpc) is 3.37. The molecule has 0 aliphatic carbocycles. The fourth-order valence-corrected chi connectivity index (χ4v) is 3.78. The number of hydrogen-bond acceptors (Lipinski definition) is 5. The summed E-state index contributed by atoms with van der Waals surface area (Å²) in [5.41, 5.74) is 1.39. The highest BCUT2D eigenvalue weighted by molar-refractivity contribution is 7.80. The highest BCUT2D eigenvalue weighted by Gasteiger charge is 2.35. The van der Waals surface area contributed by atoms with Gasteiger partial charge in [-0.2, -0.15) is 0 Å². The lowest BCUT2D eigenvalue weighted by Crippen LogP contribution is -2.33. The molecule has 2 aromatic carbocycles. The van der Waals surface area contributed by atoms with Crippen LogP contribution in [0.1, 0.15) is 37.0 Å². The van der Waals surface area contributed by atoms with Crippen molar-refractivity contribution in [2.24, 2.45) is 0 Å². The minimum atomic E-state index is -0.185. The standard InChI is InChI=1S/C25H24N2O4S/c1-3-29-19-9-11-20(12-10-19)30-16-22-14-13-21(31-22)15-23-24(28)27(25(32)26-23)17(2)18-7-5-4-6-8-18/h4-15,17H,3,16H2,1-2H3,(H,26,32)/b23-15-. The predicted molar refractivity (Wildman–Crippen MR) is 126 cm³/mol. The topological polar surface area (TPSA) is 63.9 Å². The molecule has 0 spiro atoms. The Morgan fingerprint density at radius 1 is 1.03 bits per heavy atom. The second kappa shape index (κ2) is 9.70. The van der Waals surface area contributed by atoms with Crippen molar-refractivity contribution in [1.29, 1.82) is 0 Å². The van der Waals surface area contributed by atoms with Crippen molar-refractivity contribution in [3.05, 3.63) is 89.5 Å². The van der Waals surface area contributed by atoms with E-state index in [2.05, 4.69) is 5.32 Å². The summed E-state index contributed by atoms with van der Waals surface area (Å²) >= 11 is 5.41. The fourth-order valence-electron chi connectivity index (χ4n) is 3.43. The van der Waals surface area contributed by atoms with Crippen molar-refractivity contribution in [3.8, 4) is 11.5 Å². The first-order valence-electron chi connectivity index (χ1n) is 10.4. The highest BCUT2D eigenvalue weighted by atomic mass is 32.1. The van der Waals surface area contributed by atoms with Gasteiger partial charge in [-0.15, -0.1) is 0 Å². The van der Waals surface area contributed by atoms with Crippen LogP contribution in [0.4, 0.5) is 0 Å². The van der Waals surface area contributed by atoms with Crippen LogP contribution in [0.15, 0.2) is 76.8 Å². The first-order chi connectivity index (χ1) is 15.5. The number of ether oxygens (including phenoxy) is 2. The molecule has 0 radical (unpaired) electrons. The lowest BCUT2D eigenvalue weighted by Gasteiger charge is -2.23. The maximum Gasteiger partial charge on any atom is 0.277 e. The second-order valence-electron chi connectivity index (χ2n) is 7.25. The van der Waals surface area contributed by atoms with Crippen LogP contribution >= 0.6 is 12.2 Å². The molecule has 32 heavy (non-hydrogen) atoms. The minimum Gasteiger partial charge on any atom is -0.494 e. The van der Waals surface area contributed by atoms with Crippen molar-refractivity contribution in [2.75, 3.05) is 6.61 Å². The van der Waals surface area contributed by atoms with Crippen LogP contribution in [-0.2, 0) is 11.4 Å². The van der Waals surface area contributed by atoms with E-state index in [1.54, 1.807) is 17.0 Å². The fraction of sp³-hybridized carbons (Fsp3) is 0.200. The summed E-state index contributed by atoms with van der Waals surface area (Å²) in [5.74, 6) is 2.52. The first kappa shape index (κ1) is 21.6. The first-order valence-corrected chi connectivity index (χ1v) is 10.8. The molecule has 6 nitrogen and oxygen atoms in total. The summed E-state index contributed by atoms with van der Waals surface area (Å²) < 4.78 is 17.0. The van der Waals surface area contributed by atoms with Gasteiger partial charge in [-0.25, -0.2) is 0 Å². The van der Waals surface area contributed by atoms with Gasteiger partial charge in [0.1, 0.15) is 35.3 Å². The molecule has 1 saturated heterocycles. The van der Waals surface area contributed by atoms with Crippen LogP contribution < -0.4 is 14.8 Å². The Morgan fingerprint density at radius 2 is 1.72 bits per heavy atom. The van der Waals surface area contributed by atoms with E-state index in [9.17, 15) is 4.79 Å². The van der Waals surface area contributed by atoms with E-state index in [1.165, 1.54) is 0 Å². The van der Waals surface area contributed by atoms with Crippen molar-refractivity contribution in [1.82, 2.24) is 10.2 Å². The Labute approximate surface area is 192 Å². The van der Waals surface area contributed by atoms with Crippen molar-refractivity contribution in [3.63, 3.8) is 0 Å². The molecule has 1 fully saturated rings. The van der Waals surface area contributed by atoms with E-state index in [-0.39, 0.29) is 18.6 Å². The van der Waals surface area contributed by atoms with Gasteiger partial charge in [0.2, 0.25) is 0 Å². The molecule has 7 heteroatoms. The van der Waals surface area contributed by atoms with Gasteiger partial charge in [0.05, 0.1) is 12.6 Å². The normalized spacial score (nSPS) is 15.7. The van der Waals surface area contributed by atoms with Crippen molar-refractivity contribution < 1.29 is 18.7 Å². The molecule has 1 amide bonds. The smallest absolute Gasteiger partial charge is 0.277 e. The zero-order valence-electron chi connectivity index (χ0n) is 17.9. The Bertz CT molecular complexity index is 1120. The van der Waals surface area contributed by atoms with Gasteiger partial charge in [0.25, 0.3) is 5.91 Å². The monoisotopic (exact) mass is 448 g/mol. The van der Waals surface area contributed by atoms with E-state index >= 15 is 0 Å². The van der Waals surface area contributed by atoms with Gasteiger partial charge in [-0.1, -0.05) is 30.3 Å². The summed E-state index contributed by atoms with van der Waals surface area (Å²) in [7, 11) is 0. The maximum absolute atomic E-state index is 13.0. The lowest BCUT2D eigenvalue weighted by atomic mass is 10.1. The lowest BCUT2D eigenvalue weighted by molar-refractivity contribution is -0.123. The van der Waals surface area contributed by atoms with Gasteiger partial charge < -0.3 is 19.2 Å². The molecule has 0 bridgehead atoms. The Balaban J connectivity index is 1.40. The van der Waals surface area contributed by atoms with Crippen molar-refractivity contribution in [2.45, 2.75) is 26.5 Å². The van der Waals surface area contributed by atoms with Crippen molar-refractivity contribution >= 4 is 29.3 Å². The number of thiocarbonyl (C=S) groups is 1. The Morgan fingerprint density at radius 3 is 2.41 bits per heavy atom. The molecule has 1 aromatic heterocycles. The second-order valence-corrected chi connectivity index (χ2v) is 7.63. The molecular formula is C25H24N2O4S. The van der Waals surface area contributed by atoms with Crippen LogP contribution in [0.5, 0.6) is 11.5 Å². The van der Waals surface area contributed by atoms with E-state index in [0.29, 0.717) is 34.7 Å². The number of furan rings is 1. The van der Waals surface area contributed by atoms with Gasteiger partial charge in [0.15, 0.2) is 5.11 Å². The Hall–Kier alpha value is -3.58. The molecule has 3 aromatic rings. The molecule has 1 unspecified atom stereocenters. The number of rotatable bonds is 8. The van der Waals surface area contributed by atoms with Crippen LogP contribution in [0.2, 0.25) is 0 Å². The molecule has 0 saturated carbocycles. The number of carbonyl (C=O) groups excluding carboxylic acids is 1. The minimum absolute atomic E-state index is 0.177. The Kier molecular flexibility index (Phi) is 6.56. The van der Waals surface area contributed by atoms with Gasteiger partial charge in [-0.3, -0.25) is 9.69 Å². The summed E-state index contributed by atoms with van der Waals surface area (Å²) in [6, 6.07) is 20.6. The zero-order valence-corrected chi connectivity index (χ0v) is 18.7. The van der Waals surface area contributed by atoms with Crippen LogP contribution in [0.25, 0.3) is 6.08 Å². The van der Waals surface area contributed by atoms with Crippen LogP contribution in [-0.4, -0.2) is 22.5 Å². The number of hydrogen-bond donors (Lipinski definition) is 1. The van der Waals surface area contributed by atoms with Crippen LogP contribution in [0, 0.1) is 0 Å². The molecule has 4 rings (SSSR count). The third kappa shape index (κ3) is 4.84. The molecule has 1 atom stereocenters. The third-order valence-electron chi connectivity index (χ3n) is 5.06. The van der Waals surface area contributed by atoms with E-state index in [0.717, 1.165) is 11.3 Å². The number of amides is 1. The van der Waals surface area contributed by atoms with Gasteiger partial charge in [-0.05, 0) is 68.0 Å². The maximum atomic E-state index is 13.0. The molecule has 1 aliphatic rings. The summed E-state index contributed by atoms with van der Waals surface area (Å²) in [5, 5.41) is 3.38. The molecule has 2 heterocycles. The SMILES string of the molecule is CCOc1ccc(OCc2ccc(/C=C3\NC(=S)N(C(C)c4ccccc4)C3=O)o2)cc1. The summed E-state index contributed by atoms with van der Waals surface area (Å²) in [6.07, 6.45) is 1.66. The molecular weight excluding hydrogens is 424 g/mol. The van der Waals surface area contributed by atoms with Gasteiger partial charge >= 0.3 is 0 Å².